The van der Waals surface area contributed by atoms with E-state index in [9.17, 15) is 31.2 Å². The van der Waals surface area contributed by atoms with Gasteiger partial charge in [0.15, 0.2) is 0 Å². The van der Waals surface area contributed by atoms with Gasteiger partial charge < -0.3 is 5.32 Å². The molecule has 0 saturated heterocycles. The van der Waals surface area contributed by atoms with Gasteiger partial charge in [-0.3, -0.25) is 20.0 Å². The second-order valence-corrected chi connectivity index (χ2v) is 11.8. The predicted octanol–water partition coefficient (Wildman–Crippen LogP) is 4.49. The molecule has 0 bridgehead atoms. The van der Waals surface area contributed by atoms with Gasteiger partial charge in [0.2, 0.25) is 0 Å². The van der Waals surface area contributed by atoms with Crippen LogP contribution in [0.25, 0.3) is 10.6 Å². The fourth-order valence-electron chi connectivity index (χ4n) is 3.01. The Balaban J connectivity index is 1.37. The van der Waals surface area contributed by atoms with E-state index in [1.165, 1.54) is 17.5 Å². The number of thiophene rings is 1. The number of amides is 2. The molecular weight excluding hydrogens is 587 g/mol. The number of alkyl halides is 3. The summed E-state index contributed by atoms with van der Waals surface area (Å²) in [5, 5.41) is 4.23. The fraction of sp³-hybridized carbons (Fsp3) is 0.0909. The maximum atomic E-state index is 13.3. The SMILES string of the molecule is O=C(NCc1ccc(S(=O)(=O)NNC(=O)c2csc(-c3cnccc3C(F)(F)F)n2)s1)c1ccc(Cl)cc1. The molecular formula is C22H15ClF3N5O4S3. The quantitative estimate of drug-likeness (QED) is 0.255. The maximum Gasteiger partial charge on any atom is 0.417 e. The van der Waals surface area contributed by atoms with Gasteiger partial charge in [0.1, 0.15) is 14.9 Å². The van der Waals surface area contributed by atoms with Gasteiger partial charge in [-0.05, 0) is 42.5 Å². The lowest BCUT2D eigenvalue weighted by Crippen LogP contribution is -2.41. The molecule has 16 heteroatoms. The van der Waals surface area contributed by atoms with E-state index in [4.69, 9.17) is 11.6 Å². The normalized spacial score (nSPS) is 11.8. The first-order valence-electron chi connectivity index (χ1n) is 10.4. The van der Waals surface area contributed by atoms with Crippen molar-refractivity contribution < 1.29 is 31.2 Å². The Morgan fingerprint density at radius 2 is 1.76 bits per heavy atom. The number of thiazole rings is 1. The molecule has 0 radical (unpaired) electrons. The molecule has 4 aromatic rings. The average Bonchev–Trinajstić information content (AvgIpc) is 3.57. The Hall–Kier alpha value is -3.37. The molecule has 0 unspecified atom stereocenters. The fourth-order valence-corrected chi connectivity index (χ4v) is 6.09. The summed E-state index contributed by atoms with van der Waals surface area (Å²) in [6, 6.07) is 9.82. The Labute approximate surface area is 226 Å². The van der Waals surface area contributed by atoms with Gasteiger partial charge in [-0.25, -0.2) is 13.4 Å². The van der Waals surface area contributed by atoms with E-state index in [2.05, 4.69) is 15.3 Å². The van der Waals surface area contributed by atoms with Crippen molar-refractivity contribution in [2.75, 3.05) is 0 Å². The zero-order chi connectivity index (χ0) is 27.5. The number of pyridine rings is 1. The van der Waals surface area contributed by atoms with Crippen molar-refractivity contribution >= 4 is 56.1 Å². The lowest BCUT2D eigenvalue weighted by molar-refractivity contribution is -0.137. The molecule has 4 rings (SSSR count). The predicted molar refractivity (Wildman–Crippen MR) is 135 cm³/mol. The van der Waals surface area contributed by atoms with Gasteiger partial charge in [-0.1, -0.05) is 11.6 Å². The highest BCUT2D eigenvalue weighted by Gasteiger charge is 2.34. The summed E-state index contributed by atoms with van der Waals surface area (Å²) < 4.78 is 64.8. The van der Waals surface area contributed by atoms with E-state index in [0.29, 0.717) is 15.5 Å². The van der Waals surface area contributed by atoms with Crippen LogP contribution < -0.4 is 15.6 Å². The first-order chi connectivity index (χ1) is 17.9. The molecule has 9 nitrogen and oxygen atoms in total. The van der Waals surface area contributed by atoms with E-state index < -0.39 is 27.7 Å². The third kappa shape index (κ3) is 6.54. The Kier molecular flexibility index (Phi) is 8.13. The Bertz CT molecular complexity index is 1590. The van der Waals surface area contributed by atoms with Crippen LogP contribution in [0.3, 0.4) is 0 Å². The summed E-state index contributed by atoms with van der Waals surface area (Å²) in [6.45, 7) is 0.0594. The highest BCUT2D eigenvalue weighted by atomic mass is 35.5. The molecule has 0 spiro atoms. The van der Waals surface area contributed by atoms with Crippen LogP contribution in [0.5, 0.6) is 0 Å². The van der Waals surface area contributed by atoms with Crippen molar-refractivity contribution in [3.8, 4) is 10.6 Å². The van der Waals surface area contributed by atoms with Crippen molar-refractivity contribution in [1.82, 2.24) is 25.5 Å². The van der Waals surface area contributed by atoms with Gasteiger partial charge in [0.25, 0.3) is 21.8 Å². The van der Waals surface area contributed by atoms with Crippen molar-refractivity contribution in [3.63, 3.8) is 0 Å². The summed E-state index contributed by atoms with van der Waals surface area (Å²) >= 11 is 7.44. The number of nitrogens with zero attached hydrogens (tertiary/aromatic N) is 2. The average molecular weight is 602 g/mol. The minimum Gasteiger partial charge on any atom is -0.347 e. The van der Waals surface area contributed by atoms with E-state index in [1.807, 2.05) is 10.3 Å². The van der Waals surface area contributed by atoms with Crippen molar-refractivity contribution in [2.24, 2.45) is 0 Å². The van der Waals surface area contributed by atoms with E-state index >= 15 is 0 Å². The molecule has 0 saturated carbocycles. The van der Waals surface area contributed by atoms with Gasteiger partial charge in [0.05, 0.1) is 12.1 Å². The van der Waals surface area contributed by atoms with Gasteiger partial charge >= 0.3 is 6.18 Å². The van der Waals surface area contributed by atoms with Crippen LogP contribution in [0.15, 0.2) is 64.4 Å². The molecule has 198 valence electrons. The van der Waals surface area contributed by atoms with E-state index in [1.54, 1.807) is 24.3 Å². The number of benzene rings is 1. The summed E-state index contributed by atoms with van der Waals surface area (Å²) in [5.41, 5.74) is 0.807. The summed E-state index contributed by atoms with van der Waals surface area (Å²) in [4.78, 5) is 34.6. The van der Waals surface area contributed by atoms with Crippen LogP contribution in [0.4, 0.5) is 13.2 Å². The van der Waals surface area contributed by atoms with Crippen LogP contribution in [-0.4, -0.2) is 30.2 Å². The van der Waals surface area contributed by atoms with Crippen LogP contribution in [0, 0.1) is 0 Å². The summed E-state index contributed by atoms with van der Waals surface area (Å²) in [6.07, 6.45) is -2.68. The van der Waals surface area contributed by atoms with Crippen molar-refractivity contribution in [3.05, 3.63) is 87.0 Å². The highest BCUT2D eigenvalue weighted by Crippen LogP contribution is 2.37. The molecule has 3 heterocycles. The lowest BCUT2D eigenvalue weighted by atomic mass is 10.1. The minimum atomic E-state index is -4.65. The van der Waals surface area contributed by atoms with E-state index in [-0.39, 0.29) is 32.9 Å². The van der Waals surface area contributed by atoms with Gasteiger partial charge in [0, 0.05) is 38.8 Å². The molecule has 0 aliphatic carbocycles. The highest BCUT2D eigenvalue weighted by molar-refractivity contribution is 7.91. The topological polar surface area (TPSA) is 130 Å². The molecule has 38 heavy (non-hydrogen) atoms. The zero-order valence-electron chi connectivity index (χ0n) is 18.7. The molecule has 3 aromatic heterocycles. The third-order valence-corrected chi connectivity index (χ3v) is 8.78. The zero-order valence-corrected chi connectivity index (χ0v) is 22.0. The van der Waals surface area contributed by atoms with Crippen molar-refractivity contribution in [2.45, 2.75) is 16.9 Å². The number of hydrogen-bond donors (Lipinski definition) is 3. The first kappa shape index (κ1) is 27.7. The van der Waals surface area contributed by atoms with Gasteiger partial charge in [-0.15, -0.1) is 27.5 Å². The maximum absolute atomic E-state index is 13.3. The van der Waals surface area contributed by atoms with Crippen LogP contribution in [0.1, 0.15) is 31.3 Å². The second kappa shape index (κ2) is 11.2. The number of rotatable bonds is 8. The molecule has 0 aliphatic heterocycles. The number of carbonyl (C=O) groups is 2. The van der Waals surface area contributed by atoms with Crippen molar-refractivity contribution in [1.29, 1.82) is 0 Å². The number of hydrazine groups is 1. The Morgan fingerprint density at radius 3 is 2.47 bits per heavy atom. The first-order valence-corrected chi connectivity index (χ1v) is 13.9. The van der Waals surface area contributed by atoms with E-state index in [0.717, 1.165) is 41.1 Å². The number of sulfonamides is 1. The summed E-state index contributed by atoms with van der Waals surface area (Å²) in [5.74, 6) is -1.35. The van der Waals surface area contributed by atoms with Crippen LogP contribution in [-0.2, 0) is 22.7 Å². The molecule has 0 atom stereocenters. The third-order valence-electron chi connectivity index (χ3n) is 4.82. The molecule has 1 aromatic carbocycles. The smallest absolute Gasteiger partial charge is 0.347 e. The molecule has 0 fully saturated rings. The Morgan fingerprint density at radius 1 is 1.03 bits per heavy atom. The number of hydrogen-bond acceptors (Lipinski definition) is 8. The monoisotopic (exact) mass is 601 g/mol. The number of carbonyl (C=O) groups excluding carboxylic acids is 2. The van der Waals surface area contributed by atoms with Crippen LogP contribution >= 0.6 is 34.3 Å². The van der Waals surface area contributed by atoms with Crippen LogP contribution in [0.2, 0.25) is 5.02 Å². The number of nitrogens with one attached hydrogen (secondary N) is 3. The minimum absolute atomic E-state index is 0.0594. The molecule has 3 N–H and O–H groups in total. The lowest BCUT2D eigenvalue weighted by Gasteiger charge is -2.09. The number of halogens is 4. The molecule has 0 aliphatic rings. The number of aromatic nitrogens is 2. The second-order valence-electron chi connectivity index (χ2n) is 7.43. The summed E-state index contributed by atoms with van der Waals surface area (Å²) in [7, 11) is -4.18. The standard InChI is InChI=1S/C22H15ClF3N5O4S3/c23-13-3-1-12(2-4-13)19(32)28-9-14-5-6-18(37-14)38(34,35)31-30-20(33)17-11-36-21(29-17)15-10-27-8-7-16(15)22(24,25)26/h1-8,10-11,31H,9H2,(H,28,32)(H,30,33). The van der Waals surface area contributed by atoms with Gasteiger partial charge in [-0.2, -0.15) is 13.2 Å². The largest absolute Gasteiger partial charge is 0.417 e. The molecule has 2 amide bonds.